The summed E-state index contributed by atoms with van der Waals surface area (Å²) in [6.07, 6.45) is 14.2. The maximum Gasteiger partial charge on any atom is 0.312 e. The highest BCUT2D eigenvalue weighted by Crippen LogP contribution is 2.64. The van der Waals surface area contributed by atoms with E-state index in [2.05, 4.69) is 37.0 Å². The van der Waals surface area contributed by atoms with Crippen LogP contribution in [0.1, 0.15) is 77.0 Å². The molecule has 0 aliphatic heterocycles. The summed E-state index contributed by atoms with van der Waals surface area (Å²) in [6, 6.07) is 0. The minimum Gasteiger partial charge on any atom is -0.462 e. The fraction of sp³-hybridized carbons (Fsp3) is 0.760. The van der Waals surface area contributed by atoms with Crippen molar-refractivity contribution in [3.8, 4) is 0 Å². The molecule has 4 heteroatoms. The summed E-state index contributed by atoms with van der Waals surface area (Å²) in [7, 11) is 0. The van der Waals surface area contributed by atoms with E-state index < -0.39 is 0 Å². The van der Waals surface area contributed by atoms with Gasteiger partial charge in [-0.15, -0.1) is 0 Å². The fourth-order valence-corrected chi connectivity index (χ4v) is 7.72. The van der Waals surface area contributed by atoms with Crippen LogP contribution in [0.4, 0.5) is 0 Å². The Morgan fingerprint density at radius 3 is 2.59 bits per heavy atom. The Balaban J connectivity index is 1.17. The molecular weight excluding hydrogens is 360 g/mol. The summed E-state index contributed by atoms with van der Waals surface area (Å²) in [4.78, 5) is 12.9. The highest BCUT2D eigenvalue weighted by Gasteiger charge is 2.64. The number of hydrogen-bond donors (Lipinski definition) is 1. The van der Waals surface area contributed by atoms with E-state index in [0.29, 0.717) is 11.8 Å². The van der Waals surface area contributed by atoms with Gasteiger partial charge >= 0.3 is 5.97 Å². The van der Waals surface area contributed by atoms with Crippen LogP contribution in [0.5, 0.6) is 0 Å². The Labute approximate surface area is 173 Å². The molecule has 156 valence electrons. The largest absolute Gasteiger partial charge is 0.462 e. The summed E-state index contributed by atoms with van der Waals surface area (Å²) in [5.41, 5.74) is 4.16. The Hall–Kier alpha value is -1.58. The predicted molar refractivity (Wildman–Crippen MR) is 112 cm³/mol. The smallest absolute Gasteiger partial charge is 0.312 e. The van der Waals surface area contributed by atoms with Gasteiger partial charge in [0.1, 0.15) is 6.10 Å². The Morgan fingerprint density at radius 2 is 1.79 bits per heavy atom. The number of ether oxygens (including phenoxy) is 1. The van der Waals surface area contributed by atoms with Crippen LogP contribution in [0.25, 0.3) is 6.08 Å². The molecule has 1 N–H and O–H groups in total. The van der Waals surface area contributed by atoms with Crippen LogP contribution < -0.4 is 0 Å². The lowest BCUT2D eigenvalue weighted by atomic mass is 9.56. The van der Waals surface area contributed by atoms with Gasteiger partial charge in [-0.3, -0.25) is 9.89 Å². The average molecular weight is 395 g/mol. The fourth-order valence-electron chi connectivity index (χ4n) is 7.72. The number of rotatable bonds is 2. The molecule has 0 radical (unpaired) electrons. The molecule has 0 amide bonds. The van der Waals surface area contributed by atoms with Crippen LogP contribution in [0.3, 0.4) is 0 Å². The molecule has 4 fully saturated rings. The third kappa shape index (κ3) is 2.56. The monoisotopic (exact) mass is 394 g/mol. The molecule has 7 atom stereocenters. The number of H-pyrrole nitrogens is 1. The molecule has 1 aromatic rings. The van der Waals surface area contributed by atoms with Gasteiger partial charge in [-0.2, -0.15) is 5.10 Å². The SMILES string of the molecule is CC1(C)CC1(C)C(=O)OC1CCC2C1CCC1C3Cc4cn[nH]c4C=C3CCC12. The highest BCUT2D eigenvalue weighted by molar-refractivity contribution is 5.81. The van der Waals surface area contributed by atoms with E-state index >= 15 is 0 Å². The molecule has 0 aromatic carbocycles. The molecule has 5 aliphatic rings. The van der Waals surface area contributed by atoms with Gasteiger partial charge in [0.05, 0.1) is 17.3 Å². The normalized spacial score (nSPS) is 44.0. The molecule has 0 saturated heterocycles. The summed E-state index contributed by atoms with van der Waals surface area (Å²) in [5.74, 6) is 3.79. The minimum absolute atomic E-state index is 0.0731. The van der Waals surface area contributed by atoms with E-state index in [0.717, 1.165) is 30.6 Å². The van der Waals surface area contributed by atoms with Gasteiger partial charge in [-0.25, -0.2) is 0 Å². The van der Waals surface area contributed by atoms with Crippen molar-refractivity contribution in [2.24, 2.45) is 40.4 Å². The average Bonchev–Trinajstić information content (AvgIpc) is 3.07. The van der Waals surface area contributed by atoms with Crippen molar-refractivity contribution in [3.63, 3.8) is 0 Å². The molecule has 1 aromatic heterocycles. The molecule has 4 saturated carbocycles. The number of aromatic nitrogens is 2. The first kappa shape index (κ1) is 18.2. The standard InChI is InChI=1S/C25H34N2O2/c1-24(2)13-25(24,3)23(28)29-22-9-8-17-16-5-4-14-11-21-15(12-26-27-21)10-20(14)18(16)6-7-19(17)22/h11-12,16-20,22H,4-10,13H2,1-3H3,(H,26,27). The van der Waals surface area contributed by atoms with Crippen molar-refractivity contribution in [2.45, 2.75) is 78.2 Å². The summed E-state index contributed by atoms with van der Waals surface area (Å²) in [6.45, 7) is 6.49. The van der Waals surface area contributed by atoms with Crippen molar-refractivity contribution in [1.29, 1.82) is 0 Å². The highest BCUT2D eigenvalue weighted by atomic mass is 16.5. The first-order valence-electron chi connectivity index (χ1n) is 11.8. The van der Waals surface area contributed by atoms with Crippen LogP contribution in [0.2, 0.25) is 0 Å². The van der Waals surface area contributed by atoms with Crippen LogP contribution >= 0.6 is 0 Å². The molecule has 6 rings (SSSR count). The zero-order valence-corrected chi connectivity index (χ0v) is 18.0. The number of allylic oxidation sites excluding steroid dienone is 1. The summed E-state index contributed by atoms with van der Waals surface area (Å²) in [5, 5.41) is 7.45. The van der Waals surface area contributed by atoms with Gasteiger partial charge in [-0.05, 0) is 105 Å². The lowest BCUT2D eigenvalue weighted by Gasteiger charge is -2.49. The van der Waals surface area contributed by atoms with Gasteiger partial charge in [0.2, 0.25) is 0 Å². The Kier molecular flexibility index (Phi) is 3.76. The van der Waals surface area contributed by atoms with Crippen molar-refractivity contribution >= 4 is 12.0 Å². The van der Waals surface area contributed by atoms with Gasteiger partial charge in [0, 0.05) is 0 Å². The molecule has 29 heavy (non-hydrogen) atoms. The van der Waals surface area contributed by atoms with E-state index in [1.54, 1.807) is 5.57 Å². The molecule has 0 bridgehead atoms. The molecule has 0 spiro atoms. The van der Waals surface area contributed by atoms with Crippen molar-refractivity contribution < 1.29 is 9.53 Å². The zero-order valence-electron chi connectivity index (χ0n) is 18.0. The number of aromatic amines is 1. The van der Waals surface area contributed by atoms with Crippen molar-refractivity contribution in [2.75, 3.05) is 0 Å². The summed E-state index contributed by atoms with van der Waals surface area (Å²) < 4.78 is 6.20. The van der Waals surface area contributed by atoms with Gasteiger partial charge in [0.25, 0.3) is 0 Å². The van der Waals surface area contributed by atoms with Crippen molar-refractivity contribution in [1.82, 2.24) is 10.2 Å². The minimum atomic E-state index is -0.253. The topological polar surface area (TPSA) is 55.0 Å². The maximum atomic E-state index is 12.9. The van der Waals surface area contributed by atoms with Gasteiger partial charge in [0.15, 0.2) is 0 Å². The zero-order chi connectivity index (χ0) is 20.0. The molecular formula is C25H34N2O2. The van der Waals surface area contributed by atoms with Crippen LogP contribution in [0.15, 0.2) is 11.8 Å². The number of carbonyl (C=O) groups is 1. The van der Waals surface area contributed by atoms with E-state index in [1.807, 2.05) is 6.20 Å². The first-order chi connectivity index (χ1) is 13.9. The van der Waals surface area contributed by atoms with E-state index in [-0.39, 0.29) is 22.9 Å². The van der Waals surface area contributed by atoms with Crippen molar-refractivity contribution in [3.05, 3.63) is 23.0 Å². The second-order valence-electron chi connectivity index (χ2n) is 11.5. The second kappa shape index (κ2) is 5.98. The second-order valence-corrected chi connectivity index (χ2v) is 11.5. The third-order valence-corrected chi connectivity index (χ3v) is 9.90. The Bertz CT molecular complexity index is 883. The Morgan fingerprint density at radius 1 is 1.07 bits per heavy atom. The van der Waals surface area contributed by atoms with Gasteiger partial charge in [-0.1, -0.05) is 19.4 Å². The lowest BCUT2D eigenvalue weighted by molar-refractivity contribution is -0.160. The molecule has 4 nitrogen and oxygen atoms in total. The number of hydrogen-bond acceptors (Lipinski definition) is 3. The van der Waals surface area contributed by atoms with E-state index in [9.17, 15) is 4.79 Å². The van der Waals surface area contributed by atoms with Gasteiger partial charge < -0.3 is 4.74 Å². The van der Waals surface area contributed by atoms with Crippen LogP contribution in [0, 0.1) is 40.4 Å². The molecule has 7 unspecified atom stereocenters. The first-order valence-corrected chi connectivity index (χ1v) is 11.8. The number of nitrogens with zero attached hydrogens (tertiary/aromatic N) is 1. The third-order valence-electron chi connectivity index (χ3n) is 9.90. The van der Waals surface area contributed by atoms with E-state index in [1.165, 1.54) is 49.8 Å². The molecule has 5 aliphatic carbocycles. The number of fused-ring (bicyclic) bond motifs is 6. The van der Waals surface area contributed by atoms with E-state index in [4.69, 9.17) is 4.74 Å². The molecule has 1 heterocycles. The maximum absolute atomic E-state index is 12.9. The predicted octanol–water partition coefficient (Wildman–Crippen LogP) is 5.16. The number of esters is 1. The quantitative estimate of drug-likeness (QED) is 0.705. The van der Waals surface area contributed by atoms with Crippen LogP contribution in [-0.2, 0) is 16.0 Å². The lowest BCUT2D eigenvalue weighted by Crippen LogP contribution is -2.43. The van der Waals surface area contributed by atoms with Crippen LogP contribution in [-0.4, -0.2) is 22.3 Å². The summed E-state index contributed by atoms with van der Waals surface area (Å²) >= 11 is 0. The number of nitrogens with one attached hydrogen (secondary N) is 1. The number of carbonyl (C=O) groups excluding carboxylic acids is 1.